The quantitative estimate of drug-likeness (QED) is 0.0884. The van der Waals surface area contributed by atoms with Crippen molar-refractivity contribution < 1.29 is 19.1 Å². The molecule has 6 rings (SSSR count). The van der Waals surface area contributed by atoms with Gasteiger partial charge in [0.1, 0.15) is 11.4 Å². The summed E-state index contributed by atoms with van der Waals surface area (Å²) in [6.45, 7) is 7.63. The van der Waals surface area contributed by atoms with Crippen LogP contribution in [-0.2, 0) is 27.2 Å². The number of aryl methyl sites for hydroxylation is 2. The van der Waals surface area contributed by atoms with Gasteiger partial charge in [-0.3, -0.25) is 29.1 Å². The molecule has 0 saturated carbocycles. The highest BCUT2D eigenvalue weighted by molar-refractivity contribution is 6.33. The van der Waals surface area contributed by atoms with E-state index >= 15 is 0 Å². The van der Waals surface area contributed by atoms with Crippen molar-refractivity contribution in [2.24, 2.45) is 0 Å². The van der Waals surface area contributed by atoms with E-state index in [-0.39, 0.29) is 65.3 Å². The van der Waals surface area contributed by atoms with Gasteiger partial charge in [-0.25, -0.2) is 14.8 Å². The van der Waals surface area contributed by atoms with E-state index < -0.39 is 11.5 Å². The number of hydrogen-bond donors (Lipinski definition) is 4. The second kappa shape index (κ2) is 18.0. The summed E-state index contributed by atoms with van der Waals surface area (Å²) in [6, 6.07) is 19.3. The number of benzene rings is 2. The average molecular weight is 801 g/mol. The maximum Gasteiger partial charge on any atom is 0.339 e. The lowest BCUT2D eigenvalue weighted by atomic mass is 10.0. The molecule has 0 spiro atoms. The Morgan fingerprint density at radius 3 is 1.66 bits per heavy atom. The normalized spacial score (nSPS) is 11.0. The molecule has 6 aromatic rings. The van der Waals surface area contributed by atoms with Gasteiger partial charge in [0, 0.05) is 59.1 Å². The molecule has 0 unspecified atom stereocenters. The number of carbonyl (C=O) groups is 3. The van der Waals surface area contributed by atoms with Gasteiger partial charge in [-0.2, -0.15) is 0 Å². The first-order chi connectivity index (χ1) is 27.8. The number of methoxy groups -OCH3 is 1. The summed E-state index contributed by atoms with van der Waals surface area (Å²) in [5, 5.41) is 5.79. The summed E-state index contributed by atoms with van der Waals surface area (Å²) >= 11 is 6.07. The Morgan fingerprint density at radius 2 is 1.19 bits per heavy atom. The minimum atomic E-state index is -0.633. The van der Waals surface area contributed by atoms with Crippen LogP contribution in [-0.4, -0.2) is 54.8 Å². The van der Waals surface area contributed by atoms with Gasteiger partial charge in [0.25, 0.3) is 11.1 Å². The number of halogens is 1. The topological polar surface area (TPSA) is 202 Å². The molecule has 2 aromatic carbocycles. The Balaban J connectivity index is 1.12. The molecule has 15 heteroatoms. The van der Waals surface area contributed by atoms with Crippen LogP contribution in [0.25, 0.3) is 34.2 Å². The van der Waals surface area contributed by atoms with Crippen molar-refractivity contribution in [3.8, 4) is 34.2 Å². The van der Waals surface area contributed by atoms with Crippen molar-refractivity contribution in [2.45, 2.75) is 59.3 Å². The van der Waals surface area contributed by atoms with E-state index in [1.807, 2.05) is 24.3 Å². The van der Waals surface area contributed by atoms with Crippen LogP contribution in [0.15, 0.2) is 88.7 Å². The Kier molecular flexibility index (Phi) is 12.7. The van der Waals surface area contributed by atoms with Gasteiger partial charge in [-0.15, -0.1) is 0 Å². The molecule has 4 heterocycles. The summed E-state index contributed by atoms with van der Waals surface area (Å²) in [4.78, 5) is 87.5. The van der Waals surface area contributed by atoms with Crippen LogP contribution in [0, 0.1) is 13.8 Å². The Labute approximate surface area is 338 Å². The van der Waals surface area contributed by atoms with Crippen LogP contribution in [0.2, 0.25) is 5.02 Å². The molecule has 58 heavy (non-hydrogen) atoms. The number of rotatable bonds is 13. The largest absolute Gasteiger partial charge is 0.465 e. The molecule has 2 amide bonds. The molecule has 0 fully saturated rings. The molecule has 0 saturated heterocycles. The minimum absolute atomic E-state index is 0.0209. The number of aromatic amines is 2. The number of nitrogens with one attached hydrogen (secondary N) is 4. The number of ether oxygens (including phenoxy) is 1. The van der Waals surface area contributed by atoms with Gasteiger partial charge in [0.15, 0.2) is 11.6 Å². The Bertz CT molecular complexity index is 2640. The van der Waals surface area contributed by atoms with Crippen molar-refractivity contribution >= 4 is 40.8 Å². The van der Waals surface area contributed by atoms with E-state index in [4.69, 9.17) is 16.3 Å². The summed E-state index contributed by atoms with van der Waals surface area (Å²) in [5.41, 5.74) is 5.63. The van der Waals surface area contributed by atoms with Gasteiger partial charge in [0.05, 0.1) is 17.7 Å². The molecule has 0 radical (unpaired) electrons. The first-order valence-corrected chi connectivity index (χ1v) is 18.9. The average Bonchev–Trinajstić information content (AvgIpc) is 3.20. The highest BCUT2D eigenvalue weighted by atomic mass is 35.5. The van der Waals surface area contributed by atoms with E-state index in [1.165, 1.54) is 24.8 Å². The second-order valence-corrected chi connectivity index (χ2v) is 14.3. The number of pyridine rings is 2. The van der Waals surface area contributed by atoms with Crippen LogP contribution in [0.1, 0.15) is 71.0 Å². The molecule has 0 aliphatic heterocycles. The molecule has 0 bridgehead atoms. The van der Waals surface area contributed by atoms with Gasteiger partial charge in [-0.1, -0.05) is 37.6 Å². The van der Waals surface area contributed by atoms with Gasteiger partial charge in [-0.05, 0) is 104 Å². The zero-order valence-electron chi connectivity index (χ0n) is 32.5. The van der Waals surface area contributed by atoms with E-state index in [0.29, 0.717) is 51.2 Å². The van der Waals surface area contributed by atoms with Crippen molar-refractivity contribution in [3.05, 3.63) is 138 Å². The van der Waals surface area contributed by atoms with Crippen molar-refractivity contribution in [1.82, 2.24) is 29.9 Å². The number of hydrogen-bond acceptors (Lipinski definition) is 10. The van der Waals surface area contributed by atoms with Crippen LogP contribution in [0.5, 0.6) is 0 Å². The zero-order valence-corrected chi connectivity index (χ0v) is 33.3. The Hall–Kier alpha value is -6.80. The van der Waals surface area contributed by atoms with Crippen molar-refractivity contribution in [2.75, 3.05) is 17.7 Å². The molecule has 0 aliphatic rings. The molecule has 0 aliphatic carbocycles. The molecule has 0 atom stereocenters. The number of aromatic nitrogens is 6. The van der Waals surface area contributed by atoms with Crippen molar-refractivity contribution in [3.63, 3.8) is 0 Å². The smallest absolute Gasteiger partial charge is 0.339 e. The van der Waals surface area contributed by atoms with Crippen molar-refractivity contribution in [1.29, 1.82) is 0 Å². The molecule has 296 valence electrons. The Morgan fingerprint density at radius 1 is 0.707 bits per heavy atom. The van der Waals surface area contributed by atoms with E-state index in [0.717, 1.165) is 11.1 Å². The van der Waals surface area contributed by atoms with Crippen LogP contribution < -0.4 is 21.8 Å². The molecular weight excluding hydrogens is 760 g/mol. The van der Waals surface area contributed by atoms with Gasteiger partial charge >= 0.3 is 5.97 Å². The summed E-state index contributed by atoms with van der Waals surface area (Å²) in [7, 11) is 1.23. The third-order valence-corrected chi connectivity index (χ3v) is 9.83. The van der Waals surface area contributed by atoms with E-state index in [9.17, 15) is 24.0 Å². The maximum atomic E-state index is 13.2. The minimum Gasteiger partial charge on any atom is -0.465 e. The first kappa shape index (κ1) is 40.9. The summed E-state index contributed by atoms with van der Waals surface area (Å²) in [5.74, 6) is -0.294. The lowest BCUT2D eigenvalue weighted by Crippen LogP contribution is -2.20. The fourth-order valence-corrected chi connectivity index (χ4v) is 6.47. The molecule has 4 aromatic heterocycles. The maximum absolute atomic E-state index is 13.2. The fourth-order valence-electron chi connectivity index (χ4n) is 6.28. The first-order valence-electron chi connectivity index (χ1n) is 18.5. The fraction of sp³-hybridized carbons (Fsp3) is 0.233. The third-order valence-electron chi connectivity index (χ3n) is 9.50. The highest BCUT2D eigenvalue weighted by Gasteiger charge is 2.17. The van der Waals surface area contributed by atoms with Crippen LogP contribution >= 0.6 is 11.6 Å². The number of H-pyrrole nitrogens is 2. The lowest BCUT2D eigenvalue weighted by molar-refractivity contribution is -0.117. The highest BCUT2D eigenvalue weighted by Crippen LogP contribution is 2.26. The predicted octanol–water partition coefficient (Wildman–Crippen LogP) is 6.97. The second-order valence-electron chi connectivity index (χ2n) is 13.9. The lowest BCUT2D eigenvalue weighted by Gasteiger charge is -2.11. The predicted molar refractivity (Wildman–Crippen MR) is 222 cm³/mol. The number of amides is 2. The molecule has 4 N–H and O–H groups in total. The van der Waals surface area contributed by atoms with Crippen LogP contribution in [0.4, 0.5) is 11.4 Å². The molecular formula is C43H41ClN8O6. The summed E-state index contributed by atoms with van der Waals surface area (Å²) in [6.07, 6.45) is 3.62. The molecule has 14 nitrogen and oxygen atoms in total. The van der Waals surface area contributed by atoms with Crippen LogP contribution in [0.3, 0.4) is 0 Å². The SMILES string of the molecule is COC(=O)c1cc(NC(=O)CCc2c(C)nc(-c3cc(-c4ccnc(-c5nc(C)c(CCC(=O)Nc6ccc(C(C)C)cc6)c(=O)[nH]5)c4)ccn3)[nH]c2=O)ccc1Cl. The van der Waals surface area contributed by atoms with E-state index in [1.54, 1.807) is 56.6 Å². The number of anilines is 2. The number of carbonyl (C=O) groups excluding carboxylic acids is 3. The van der Waals surface area contributed by atoms with Gasteiger partial charge in [0.2, 0.25) is 11.8 Å². The summed E-state index contributed by atoms with van der Waals surface area (Å²) < 4.78 is 4.73. The zero-order chi connectivity index (χ0) is 41.5. The third kappa shape index (κ3) is 9.76. The number of esters is 1. The standard InChI is InChI=1S/C43H41ClN8O6/c1-23(2)26-6-8-29(9-7-26)49-37(53)14-11-31-24(3)47-39(51-41(31)55)35-20-27(16-18-45-35)28-17-19-46-36(21-28)40-48-25(4)32(42(56)52-40)12-15-38(54)50-30-10-13-34(44)33(22-30)43(57)58-5/h6-10,13,16-23H,11-12,14-15H2,1-5H3,(H,49,53)(H,50,54)(H,47,51,55)(H,48,52,56). The van der Waals surface area contributed by atoms with Gasteiger partial charge < -0.3 is 25.3 Å². The monoisotopic (exact) mass is 800 g/mol. The van der Waals surface area contributed by atoms with E-state index in [2.05, 4.69) is 54.4 Å². The number of nitrogens with zero attached hydrogens (tertiary/aromatic N) is 4.